The van der Waals surface area contributed by atoms with Crippen LogP contribution in [0.2, 0.25) is 0 Å². The third-order valence-corrected chi connectivity index (χ3v) is 6.42. The number of nitrogens with one attached hydrogen (secondary N) is 4. The van der Waals surface area contributed by atoms with E-state index >= 15 is 0 Å². The van der Waals surface area contributed by atoms with E-state index in [2.05, 4.69) is 20.6 Å². The number of nitrogens with two attached hydrogens (primary N) is 1. The van der Waals surface area contributed by atoms with E-state index in [9.17, 15) is 32.1 Å². The van der Waals surface area contributed by atoms with E-state index < -0.39 is 43.6 Å². The topological polar surface area (TPSA) is 220 Å². The predicted octanol–water partition coefficient (Wildman–Crippen LogP) is -1.79. The fourth-order valence-corrected chi connectivity index (χ4v) is 4.65. The molecule has 0 aliphatic heterocycles. The molecule has 1 heterocycles. The fraction of sp³-hybridized carbons (Fsp3) is 0. The summed E-state index contributed by atoms with van der Waals surface area (Å²) in [5.74, 6) is -1.43. The molecule has 4 aromatic rings. The summed E-state index contributed by atoms with van der Waals surface area (Å²) in [5.41, 5.74) is 3.74. The maximum atomic E-state index is 13.4. The van der Waals surface area contributed by atoms with Crippen molar-refractivity contribution in [1.29, 1.82) is 0 Å². The van der Waals surface area contributed by atoms with Crippen molar-refractivity contribution in [3.05, 3.63) is 97.8 Å². The molecule has 186 valence electrons. The van der Waals surface area contributed by atoms with Gasteiger partial charge in [-0.25, -0.2) is 18.0 Å². The number of carbonyl (C=O) groups excluding carboxylic acids is 2. The van der Waals surface area contributed by atoms with Crippen molar-refractivity contribution in [2.75, 3.05) is 16.4 Å². The standard InChI is InChI=1S/C23H16N6O7S.Na/c24-18-15(37(34,35)36)9-14(16-17(18)20(31)13-7-2-1-6-12(13)19(16)30)25-10-4-3-5-11(8-10)26-21-27-22(32)29-23(33)28-21;/h1-9,25H,24H2,(H,34,35,36)(H3,26,27,28,29,32,33);/q;+1/p-1. The molecule has 0 fully saturated rings. The number of benzene rings is 3. The minimum atomic E-state index is -5.12. The summed E-state index contributed by atoms with van der Waals surface area (Å²) in [6.45, 7) is 0. The Balaban J connectivity index is 0.00000336. The summed E-state index contributed by atoms with van der Waals surface area (Å²) in [5, 5.41) is 5.60. The van der Waals surface area contributed by atoms with Crippen molar-refractivity contribution in [2.24, 2.45) is 0 Å². The van der Waals surface area contributed by atoms with E-state index in [4.69, 9.17) is 5.73 Å². The van der Waals surface area contributed by atoms with Crippen LogP contribution in [-0.4, -0.2) is 39.5 Å². The molecule has 0 spiro atoms. The predicted molar refractivity (Wildman–Crippen MR) is 131 cm³/mol. The third-order valence-electron chi connectivity index (χ3n) is 5.54. The Morgan fingerprint density at radius 2 is 1.42 bits per heavy atom. The van der Waals surface area contributed by atoms with Crippen LogP contribution >= 0.6 is 0 Å². The first-order chi connectivity index (χ1) is 17.5. The largest absolute Gasteiger partial charge is 1.00 e. The quantitative estimate of drug-likeness (QED) is 0.0948. The Bertz CT molecular complexity index is 1840. The van der Waals surface area contributed by atoms with Gasteiger partial charge >= 0.3 is 40.9 Å². The molecule has 0 saturated carbocycles. The Labute approximate surface area is 235 Å². The smallest absolute Gasteiger partial charge is 0.744 e. The Morgan fingerprint density at radius 3 is 2.03 bits per heavy atom. The molecule has 0 radical (unpaired) electrons. The molecule has 15 heteroatoms. The van der Waals surface area contributed by atoms with Crippen molar-refractivity contribution < 1.29 is 52.1 Å². The van der Waals surface area contributed by atoms with Gasteiger partial charge in [-0.05, 0) is 24.3 Å². The molecule has 3 aromatic carbocycles. The van der Waals surface area contributed by atoms with Crippen LogP contribution < -0.4 is 57.3 Å². The van der Waals surface area contributed by atoms with Crippen molar-refractivity contribution in [3.8, 4) is 0 Å². The maximum Gasteiger partial charge on any atom is 1.00 e. The molecular formula is C23H15N6NaO7S. The van der Waals surface area contributed by atoms with Gasteiger partial charge in [-0.1, -0.05) is 30.3 Å². The zero-order valence-corrected chi connectivity index (χ0v) is 22.3. The Hall–Kier alpha value is -4.08. The van der Waals surface area contributed by atoms with E-state index in [1.165, 1.54) is 18.2 Å². The minimum Gasteiger partial charge on any atom is -0.744 e. The van der Waals surface area contributed by atoms with Crippen LogP contribution in [0.3, 0.4) is 0 Å². The van der Waals surface area contributed by atoms with Gasteiger partial charge in [0.05, 0.1) is 27.4 Å². The van der Waals surface area contributed by atoms with Crippen LogP contribution in [0.1, 0.15) is 31.8 Å². The van der Waals surface area contributed by atoms with Crippen molar-refractivity contribution >= 4 is 50.4 Å². The second-order valence-electron chi connectivity index (χ2n) is 7.92. The summed E-state index contributed by atoms with van der Waals surface area (Å²) >= 11 is 0. The van der Waals surface area contributed by atoms with Gasteiger partial charge in [0.15, 0.2) is 11.6 Å². The van der Waals surface area contributed by atoms with Crippen LogP contribution in [0.5, 0.6) is 0 Å². The first-order valence-corrected chi connectivity index (χ1v) is 11.9. The number of rotatable bonds is 5. The summed E-state index contributed by atoms with van der Waals surface area (Å²) < 4.78 is 35.9. The van der Waals surface area contributed by atoms with Crippen LogP contribution in [0.4, 0.5) is 28.7 Å². The van der Waals surface area contributed by atoms with E-state index in [1.54, 1.807) is 30.3 Å². The molecule has 0 atom stereocenters. The molecule has 0 amide bonds. The number of aromatic amines is 2. The van der Waals surface area contributed by atoms with Gasteiger partial charge in [0.25, 0.3) is 0 Å². The van der Waals surface area contributed by atoms with Gasteiger partial charge in [0.1, 0.15) is 10.1 Å². The molecule has 13 nitrogen and oxygen atoms in total. The molecule has 38 heavy (non-hydrogen) atoms. The fourth-order valence-electron chi connectivity index (χ4n) is 4.02. The van der Waals surface area contributed by atoms with E-state index in [0.29, 0.717) is 5.69 Å². The zero-order valence-electron chi connectivity index (χ0n) is 19.5. The minimum absolute atomic E-state index is 0. The second-order valence-corrected chi connectivity index (χ2v) is 9.27. The summed E-state index contributed by atoms with van der Waals surface area (Å²) in [7, 11) is -5.12. The normalized spacial score (nSPS) is 12.2. The number of H-pyrrole nitrogens is 2. The second kappa shape index (κ2) is 10.00. The molecule has 1 aliphatic rings. The number of ketones is 2. The van der Waals surface area contributed by atoms with Crippen molar-refractivity contribution in [1.82, 2.24) is 15.0 Å². The average Bonchev–Trinajstić information content (AvgIpc) is 2.82. The summed E-state index contributed by atoms with van der Waals surface area (Å²) in [4.78, 5) is 56.5. The molecule has 6 N–H and O–H groups in total. The van der Waals surface area contributed by atoms with Gasteiger partial charge in [0, 0.05) is 22.5 Å². The monoisotopic (exact) mass is 542 g/mol. The number of aromatic nitrogens is 3. The van der Waals surface area contributed by atoms with Gasteiger partial charge in [-0.2, -0.15) is 4.98 Å². The Morgan fingerprint density at radius 1 is 0.816 bits per heavy atom. The van der Waals surface area contributed by atoms with E-state index in [0.717, 1.165) is 6.07 Å². The molecule has 0 bridgehead atoms. The van der Waals surface area contributed by atoms with E-state index in [1.807, 2.05) is 4.98 Å². The van der Waals surface area contributed by atoms with Crippen LogP contribution in [0.25, 0.3) is 0 Å². The van der Waals surface area contributed by atoms with Crippen LogP contribution in [-0.2, 0) is 10.1 Å². The number of hydrogen-bond acceptors (Lipinski definition) is 11. The number of nitrogen functional groups attached to an aromatic ring is 1. The average molecular weight is 542 g/mol. The molecule has 0 unspecified atom stereocenters. The van der Waals surface area contributed by atoms with Gasteiger partial charge < -0.3 is 20.9 Å². The molecule has 5 rings (SSSR count). The Kier molecular flexibility index (Phi) is 7.10. The molecule has 1 aliphatic carbocycles. The van der Waals surface area contributed by atoms with Crippen molar-refractivity contribution in [2.45, 2.75) is 4.90 Å². The van der Waals surface area contributed by atoms with Gasteiger partial charge in [0.2, 0.25) is 5.95 Å². The van der Waals surface area contributed by atoms with Crippen LogP contribution in [0, 0.1) is 0 Å². The zero-order chi connectivity index (χ0) is 26.5. The number of carbonyl (C=O) groups is 2. The number of fused-ring (bicyclic) bond motifs is 2. The number of nitrogens with zero attached hydrogens (tertiary/aromatic N) is 1. The van der Waals surface area contributed by atoms with Crippen LogP contribution in [0.15, 0.2) is 69.1 Å². The molecular weight excluding hydrogens is 527 g/mol. The number of anilines is 5. The van der Waals surface area contributed by atoms with Gasteiger partial charge in [-0.3, -0.25) is 19.6 Å². The summed E-state index contributed by atoms with van der Waals surface area (Å²) in [6.07, 6.45) is 0. The first-order valence-electron chi connectivity index (χ1n) is 10.5. The van der Waals surface area contributed by atoms with Gasteiger partial charge in [-0.15, -0.1) is 0 Å². The summed E-state index contributed by atoms with van der Waals surface area (Å²) in [6, 6.07) is 13.1. The van der Waals surface area contributed by atoms with E-state index in [-0.39, 0.29) is 69.1 Å². The first kappa shape index (κ1) is 27.0. The third kappa shape index (κ3) is 4.90. The SMILES string of the molecule is Nc1c(S(=O)(=O)[O-])cc(Nc2cccc(Nc3nc(=O)[nH]c(=O)[nH]3)c2)c2c1C(=O)c1ccccc1C2=O.[Na+]. The molecule has 0 saturated heterocycles. The van der Waals surface area contributed by atoms with Crippen molar-refractivity contribution in [3.63, 3.8) is 0 Å². The maximum absolute atomic E-state index is 13.4. The molecule has 1 aromatic heterocycles. The number of hydrogen-bond donors (Lipinski definition) is 5.